The maximum atomic E-state index is 13.6. The lowest BCUT2D eigenvalue weighted by Crippen LogP contribution is -2.45. The Morgan fingerprint density at radius 2 is 1.79 bits per heavy atom. The summed E-state index contributed by atoms with van der Waals surface area (Å²) < 4.78 is 5.00. The summed E-state index contributed by atoms with van der Waals surface area (Å²) >= 11 is 12.0. The molecule has 0 spiro atoms. The molecule has 208 valence electrons. The van der Waals surface area contributed by atoms with Gasteiger partial charge >= 0.3 is 5.97 Å². The summed E-state index contributed by atoms with van der Waals surface area (Å²) in [6.07, 6.45) is 0.748. The lowest BCUT2D eigenvalue weighted by Gasteiger charge is -2.33. The zero-order valence-electron chi connectivity index (χ0n) is 22.3. The Kier molecular flexibility index (Phi) is 9.90. The first-order valence-electron chi connectivity index (χ1n) is 13.1. The zero-order chi connectivity index (χ0) is 27.9. The van der Waals surface area contributed by atoms with Gasteiger partial charge in [-0.2, -0.15) is 0 Å². The normalized spacial score (nSPS) is 18.5. The third-order valence-corrected chi connectivity index (χ3v) is 7.57. The van der Waals surface area contributed by atoms with Crippen molar-refractivity contribution < 1.29 is 19.1 Å². The van der Waals surface area contributed by atoms with Crippen LogP contribution in [0.3, 0.4) is 0 Å². The summed E-state index contributed by atoms with van der Waals surface area (Å²) in [5, 5.41) is 3.70. The molecule has 0 radical (unpaired) electrons. The van der Waals surface area contributed by atoms with Crippen LogP contribution in [-0.2, 0) is 14.3 Å². The third-order valence-electron chi connectivity index (χ3n) is 6.91. The molecule has 1 atom stereocenters. The van der Waals surface area contributed by atoms with Crippen molar-refractivity contribution in [3.05, 3.63) is 59.1 Å². The van der Waals surface area contributed by atoms with Crippen LogP contribution in [0.5, 0.6) is 0 Å². The number of hydrogen-bond acceptors (Lipinski definition) is 7. The molecule has 4 rings (SSSR count). The van der Waals surface area contributed by atoms with Crippen LogP contribution in [-0.4, -0.2) is 96.6 Å². The first-order chi connectivity index (χ1) is 18.8. The van der Waals surface area contributed by atoms with Crippen LogP contribution in [0, 0.1) is 0 Å². The smallest absolute Gasteiger partial charge is 0.338 e. The molecule has 0 aliphatic carbocycles. The molecule has 39 heavy (non-hydrogen) atoms. The molecule has 2 saturated heterocycles. The van der Waals surface area contributed by atoms with Crippen molar-refractivity contribution in [2.75, 3.05) is 63.1 Å². The maximum Gasteiger partial charge on any atom is 0.338 e. The van der Waals surface area contributed by atoms with E-state index in [4.69, 9.17) is 28.6 Å². The first-order valence-corrected chi connectivity index (χ1v) is 13.9. The minimum atomic E-state index is -0.734. The Balaban J connectivity index is 1.44. The monoisotopic (exact) mass is 571 g/mol. The number of halogens is 1. The second kappa shape index (κ2) is 13.3. The molecule has 11 heteroatoms. The second-order valence-electron chi connectivity index (χ2n) is 9.69. The molecular formula is C28H34ClN5O4S. The maximum absolute atomic E-state index is 13.6. The number of anilines is 2. The van der Waals surface area contributed by atoms with E-state index in [1.807, 2.05) is 4.90 Å². The van der Waals surface area contributed by atoms with Crippen molar-refractivity contribution in [1.29, 1.82) is 0 Å². The van der Waals surface area contributed by atoms with Gasteiger partial charge in [0.05, 0.1) is 24.3 Å². The van der Waals surface area contributed by atoms with Crippen molar-refractivity contribution >= 4 is 58.1 Å². The summed E-state index contributed by atoms with van der Waals surface area (Å²) in [4.78, 5) is 46.6. The van der Waals surface area contributed by atoms with Gasteiger partial charge in [0.1, 0.15) is 6.04 Å². The average molecular weight is 572 g/mol. The molecule has 0 aromatic heterocycles. The molecule has 2 aliphatic heterocycles. The molecule has 2 aromatic carbocycles. The largest absolute Gasteiger partial charge is 0.462 e. The highest BCUT2D eigenvalue weighted by atomic mass is 35.5. The Bertz CT molecular complexity index is 1200. The van der Waals surface area contributed by atoms with Crippen molar-refractivity contribution in [3.8, 4) is 0 Å². The van der Waals surface area contributed by atoms with Gasteiger partial charge < -0.3 is 24.8 Å². The summed E-state index contributed by atoms with van der Waals surface area (Å²) in [5.41, 5.74) is 1.50. The van der Waals surface area contributed by atoms with Crippen LogP contribution in [0.1, 0.15) is 30.1 Å². The Morgan fingerprint density at radius 3 is 2.46 bits per heavy atom. The number of nitrogens with one attached hydrogen (secondary N) is 1. The molecule has 2 heterocycles. The van der Waals surface area contributed by atoms with Crippen molar-refractivity contribution in [2.24, 2.45) is 0 Å². The quantitative estimate of drug-likeness (QED) is 0.343. The van der Waals surface area contributed by atoms with Crippen molar-refractivity contribution in [3.63, 3.8) is 0 Å². The molecule has 0 saturated carbocycles. The van der Waals surface area contributed by atoms with E-state index in [9.17, 15) is 14.4 Å². The molecule has 1 N–H and O–H groups in total. The van der Waals surface area contributed by atoms with E-state index in [2.05, 4.69) is 22.2 Å². The number of likely N-dealkylation sites (N-methyl/N-ethyl adjacent to an activating group) is 1. The van der Waals surface area contributed by atoms with E-state index in [0.29, 0.717) is 33.6 Å². The third kappa shape index (κ3) is 7.33. The fraction of sp³-hybridized carbons (Fsp3) is 0.429. The molecule has 9 nitrogen and oxygen atoms in total. The van der Waals surface area contributed by atoms with Crippen LogP contribution in [0.4, 0.5) is 11.4 Å². The fourth-order valence-electron chi connectivity index (χ4n) is 4.77. The van der Waals surface area contributed by atoms with Gasteiger partial charge in [0.25, 0.3) is 5.91 Å². The Morgan fingerprint density at radius 1 is 1.08 bits per heavy atom. The van der Waals surface area contributed by atoms with Crippen LogP contribution >= 0.6 is 23.8 Å². The summed E-state index contributed by atoms with van der Waals surface area (Å²) in [6, 6.07) is 12.7. The van der Waals surface area contributed by atoms with E-state index >= 15 is 0 Å². The number of thiocarbonyl (C=S) groups is 1. The number of carbonyl (C=O) groups excluding carboxylic acids is 3. The number of benzene rings is 2. The highest BCUT2D eigenvalue weighted by Gasteiger charge is 2.44. The molecule has 2 fully saturated rings. The molecular weight excluding hydrogens is 538 g/mol. The van der Waals surface area contributed by atoms with E-state index in [1.165, 1.54) is 4.90 Å². The number of rotatable bonds is 10. The molecule has 2 aliphatic rings. The van der Waals surface area contributed by atoms with Crippen molar-refractivity contribution in [1.82, 2.24) is 14.7 Å². The second-order valence-corrected chi connectivity index (χ2v) is 10.5. The Hall–Kier alpha value is -3.05. The minimum absolute atomic E-state index is 0.0653. The first kappa shape index (κ1) is 28.9. The zero-order valence-corrected chi connectivity index (χ0v) is 23.8. The van der Waals surface area contributed by atoms with E-state index in [0.717, 1.165) is 39.1 Å². The SMILES string of the molecule is CCOC(=O)c1ccc(NC(=O)C[C@H]2C(=O)N(c3cccc(Cl)c3)C(=S)N2CCCN2CCN(C)CC2)cc1. The van der Waals surface area contributed by atoms with Gasteiger partial charge in [0.15, 0.2) is 5.11 Å². The number of piperazine rings is 1. The fourth-order valence-corrected chi connectivity index (χ4v) is 5.37. The van der Waals surface area contributed by atoms with Crippen molar-refractivity contribution in [2.45, 2.75) is 25.8 Å². The van der Waals surface area contributed by atoms with Crippen LogP contribution in [0.2, 0.25) is 5.02 Å². The number of amides is 2. The number of hydrogen-bond donors (Lipinski definition) is 1. The highest BCUT2D eigenvalue weighted by molar-refractivity contribution is 7.80. The summed E-state index contributed by atoms with van der Waals surface area (Å²) in [5.74, 6) is -1.000. The number of nitrogens with zero attached hydrogens (tertiary/aromatic N) is 4. The minimum Gasteiger partial charge on any atom is -0.462 e. The van der Waals surface area contributed by atoms with Crippen LogP contribution in [0.15, 0.2) is 48.5 Å². The Labute approximate surface area is 239 Å². The number of esters is 1. The van der Waals surface area contributed by atoms with Gasteiger partial charge in [-0.15, -0.1) is 0 Å². The predicted molar refractivity (Wildman–Crippen MR) is 156 cm³/mol. The summed E-state index contributed by atoms with van der Waals surface area (Å²) in [7, 11) is 2.13. The van der Waals surface area contributed by atoms with Crippen LogP contribution < -0.4 is 10.2 Å². The van der Waals surface area contributed by atoms with E-state index in [-0.39, 0.29) is 24.8 Å². The predicted octanol–water partition coefficient (Wildman–Crippen LogP) is 3.49. The lowest BCUT2D eigenvalue weighted by molar-refractivity contribution is -0.124. The number of carbonyl (C=O) groups is 3. The van der Waals surface area contributed by atoms with Gasteiger partial charge in [-0.3, -0.25) is 14.5 Å². The summed E-state index contributed by atoms with van der Waals surface area (Å²) in [6.45, 7) is 7.56. The van der Waals surface area contributed by atoms with E-state index in [1.54, 1.807) is 55.5 Å². The number of ether oxygens (including phenoxy) is 1. The highest BCUT2D eigenvalue weighted by Crippen LogP contribution is 2.29. The molecule has 0 bridgehead atoms. The molecule has 0 unspecified atom stereocenters. The van der Waals surface area contributed by atoms with E-state index < -0.39 is 12.0 Å². The van der Waals surface area contributed by atoms with Gasteiger partial charge in [-0.1, -0.05) is 17.7 Å². The van der Waals surface area contributed by atoms with Crippen LogP contribution in [0.25, 0.3) is 0 Å². The van der Waals surface area contributed by atoms with Gasteiger partial charge in [0.2, 0.25) is 5.91 Å². The molecule has 2 amide bonds. The van der Waals surface area contributed by atoms with Gasteiger partial charge in [-0.05, 0) is 81.6 Å². The lowest BCUT2D eigenvalue weighted by atomic mass is 10.1. The standard InChI is InChI=1S/C28H34ClN5O4S/c1-3-38-27(37)20-8-10-22(11-9-20)30-25(35)19-24-26(36)34(23-7-4-6-21(29)18-23)28(39)33(24)13-5-12-32-16-14-31(2)15-17-32/h4,6-11,18,24H,3,5,12-17,19H2,1-2H3,(H,30,35)/t24-/m0/s1. The molecule has 2 aromatic rings. The average Bonchev–Trinajstić information content (AvgIpc) is 3.14. The van der Waals surface area contributed by atoms with Gasteiger partial charge in [-0.25, -0.2) is 4.79 Å². The topological polar surface area (TPSA) is 85.4 Å². The van der Waals surface area contributed by atoms with Gasteiger partial charge in [0, 0.05) is 43.4 Å².